The minimum atomic E-state index is 0. The van der Waals surface area contributed by atoms with Crippen molar-refractivity contribution in [2.45, 2.75) is 0 Å². The third-order valence-corrected chi connectivity index (χ3v) is 9.00. The van der Waals surface area contributed by atoms with Crippen LogP contribution in [0.25, 0.3) is 90.9 Å². The fraction of sp³-hybridized carbons (Fsp3) is 0. The summed E-state index contributed by atoms with van der Waals surface area (Å²) < 4.78 is 0. The van der Waals surface area contributed by atoms with Crippen molar-refractivity contribution in [3.8, 4) is 44.5 Å². The van der Waals surface area contributed by atoms with E-state index in [0.29, 0.717) is 0 Å². The number of nitrogens with one attached hydrogen (secondary N) is 2. The zero-order chi connectivity index (χ0) is 31.9. The molecule has 7 aromatic rings. The van der Waals surface area contributed by atoms with Gasteiger partial charge in [-0.2, -0.15) is 0 Å². The number of hydrogen-bond donors (Lipinski definition) is 2. The minimum Gasteiger partial charge on any atom is -0.354 e. The SMILES string of the molecule is C1=Cc2nc1c(-c1ccccc1)c1ccc([nH]1)c(-c1ccccc1)c1nc(c(-c3ccccc3)c3ccc([nH]3)c2-c2ccccc2)C=C1.[V]. The van der Waals surface area contributed by atoms with Gasteiger partial charge in [0, 0.05) is 62.9 Å². The maximum Gasteiger partial charge on any atom is 0.0737 e. The Balaban J connectivity index is 0.00000348. The fourth-order valence-electron chi connectivity index (χ4n) is 6.84. The van der Waals surface area contributed by atoms with Crippen molar-refractivity contribution in [3.63, 3.8) is 0 Å². The van der Waals surface area contributed by atoms with Crippen LogP contribution in [-0.4, -0.2) is 19.9 Å². The van der Waals surface area contributed by atoms with Crippen LogP contribution in [0.5, 0.6) is 0 Å². The molecule has 1 radical (unpaired) electrons. The molecule has 5 heterocycles. The summed E-state index contributed by atoms with van der Waals surface area (Å²) in [6.45, 7) is 0. The molecule has 3 aromatic heterocycles. The first-order valence-corrected chi connectivity index (χ1v) is 16.2. The molecule has 0 saturated heterocycles. The quantitative estimate of drug-likeness (QED) is 0.197. The summed E-state index contributed by atoms with van der Waals surface area (Å²) in [5, 5.41) is 0. The van der Waals surface area contributed by atoms with Gasteiger partial charge < -0.3 is 9.97 Å². The van der Waals surface area contributed by atoms with E-state index in [-0.39, 0.29) is 18.6 Å². The van der Waals surface area contributed by atoms with Gasteiger partial charge in [0.15, 0.2) is 0 Å². The molecule has 4 nitrogen and oxygen atoms in total. The van der Waals surface area contributed by atoms with Gasteiger partial charge in [-0.25, -0.2) is 9.97 Å². The molecule has 2 N–H and O–H groups in total. The van der Waals surface area contributed by atoms with Gasteiger partial charge in [-0.1, -0.05) is 121 Å². The maximum atomic E-state index is 5.35. The summed E-state index contributed by atoms with van der Waals surface area (Å²) in [5.74, 6) is 0. The Labute approximate surface area is 296 Å². The summed E-state index contributed by atoms with van der Waals surface area (Å²) in [6, 6.07) is 50.7. The summed E-state index contributed by atoms with van der Waals surface area (Å²) in [4.78, 5) is 18.3. The largest absolute Gasteiger partial charge is 0.354 e. The van der Waals surface area contributed by atoms with Crippen LogP contribution in [0, 0.1) is 0 Å². The molecular formula is C44H30N4V. The molecule has 0 aliphatic carbocycles. The van der Waals surface area contributed by atoms with E-state index in [2.05, 4.69) is 156 Å². The van der Waals surface area contributed by atoms with Crippen LogP contribution in [0.2, 0.25) is 0 Å². The standard InChI is InChI=1S/C44H30N4.V/c1-5-13-29(14-6-1)41-33-21-23-35(45-33)42(30-15-7-2-8-16-30)37-25-27-39(47-37)44(32-19-11-4-12-20-32)40-28-26-38(48-40)43(31-17-9-3-10-18-31)36-24-22-34(41)46-36;/h1-28,45,48H;. The number of rotatable bonds is 4. The average molecular weight is 666 g/mol. The molecule has 8 bridgehead atoms. The van der Waals surface area contributed by atoms with Crippen molar-refractivity contribution in [1.82, 2.24) is 19.9 Å². The van der Waals surface area contributed by atoms with Crippen molar-refractivity contribution in [2.24, 2.45) is 0 Å². The second kappa shape index (κ2) is 12.9. The second-order valence-electron chi connectivity index (χ2n) is 12.0. The molecule has 2 aliphatic rings. The van der Waals surface area contributed by atoms with Crippen LogP contribution in [0.1, 0.15) is 22.8 Å². The van der Waals surface area contributed by atoms with Gasteiger partial charge >= 0.3 is 0 Å². The van der Waals surface area contributed by atoms with Gasteiger partial charge in [0.2, 0.25) is 0 Å². The van der Waals surface area contributed by atoms with Crippen LogP contribution in [0.3, 0.4) is 0 Å². The molecule has 0 amide bonds. The Hall–Kier alpha value is -5.94. The van der Waals surface area contributed by atoms with Crippen LogP contribution in [-0.2, 0) is 18.6 Å². The van der Waals surface area contributed by atoms with E-state index in [4.69, 9.17) is 9.97 Å². The van der Waals surface area contributed by atoms with E-state index in [0.717, 1.165) is 89.4 Å². The Morgan fingerprint density at radius 2 is 0.510 bits per heavy atom. The smallest absolute Gasteiger partial charge is 0.0737 e. The summed E-state index contributed by atoms with van der Waals surface area (Å²) in [5.41, 5.74) is 16.2. The van der Waals surface area contributed by atoms with E-state index in [1.54, 1.807) is 0 Å². The van der Waals surface area contributed by atoms with E-state index in [1.165, 1.54) is 0 Å². The predicted molar refractivity (Wildman–Crippen MR) is 201 cm³/mol. The predicted octanol–water partition coefficient (Wildman–Crippen LogP) is 11.3. The van der Waals surface area contributed by atoms with Crippen molar-refractivity contribution in [3.05, 3.63) is 168 Å². The van der Waals surface area contributed by atoms with Gasteiger partial charge in [-0.05, 0) is 70.8 Å². The molecular weight excluding hydrogens is 635 g/mol. The summed E-state index contributed by atoms with van der Waals surface area (Å²) in [7, 11) is 0. The maximum absolute atomic E-state index is 5.35. The summed E-state index contributed by atoms with van der Waals surface area (Å²) in [6.07, 6.45) is 8.54. The number of aromatic amines is 2. The molecule has 0 fully saturated rings. The van der Waals surface area contributed by atoms with E-state index in [1.807, 2.05) is 24.3 Å². The molecule has 9 rings (SSSR count). The zero-order valence-electron chi connectivity index (χ0n) is 26.5. The van der Waals surface area contributed by atoms with E-state index < -0.39 is 0 Å². The Morgan fingerprint density at radius 3 is 0.735 bits per heavy atom. The number of fused-ring (bicyclic) bond motifs is 8. The molecule has 0 spiro atoms. The van der Waals surface area contributed by atoms with Crippen LogP contribution in [0.15, 0.2) is 146 Å². The average Bonchev–Trinajstić information content (AvgIpc) is 3.98. The molecule has 49 heavy (non-hydrogen) atoms. The molecule has 231 valence electrons. The third kappa shape index (κ3) is 5.57. The topological polar surface area (TPSA) is 57.4 Å². The first kappa shape index (κ1) is 30.4. The minimum absolute atomic E-state index is 0. The van der Waals surface area contributed by atoms with Crippen molar-refractivity contribution >= 4 is 46.4 Å². The van der Waals surface area contributed by atoms with Crippen molar-refractivity contribution < 1.29 is 18.6 Å². The van der Waals surface area contributed by atoms with Crippen molar-refractivity contribution in [1.29, 1.82) is 0 Å². The third-order valence-electron chi connectivity index (χ3n) is 9.00. The Bertz CT molecular complexity index is 2180. The van der Waals surface area contributed by atoms with Gasteiger partial charge in [-0.3, -0.25) is 0 Å². The second-order valence-corrected chi connectivity index (χ2v) is 12.0. The number of hydrogen-bond acceptors (Lipinski definition) is 2. The van der Waals surface area contributed by atoms with Crippen LogP contribution in [0.4, 0.5) is 0 Å². The number of nitrogens with zero attached hydrogens (tertiary/aromatic N) is 2. The number of aromatic nitrogens is 4. The first-order valence-electron chi connectivity index (χ1n) is 16.2. The van der Waals surface area contributed by atoms with Crippen LogP contribution >= 0.6 is 0 Å². The fourth-order valence-corrected chi connectivity index (χ4v) is 6.84. The Kier molecular flexibility index (Phi) is 8.02. The molecule has 0 saturated carbocycles. The van der Waals surface area contributed by atoms with Crippen LogP contribution < -0.4 is 0 Å². The van der Waals surface area contributed by atoms with Crippen molar-refractivity contribution in [2.75, 3.05) is 0 Å². The van der Waals surface area contributed by atoms with Gasteiger partial charge in [0.1, 0.15) is 0 Å². The van der Waals surface area contributed by atoms with E-state index in [9.17, 15) is 0 Å². The number of H-pyrrole nitrogens is 2. The Morgan fingerprint density at radius 1 is 0.286 bits per heavy atom. The molecule has 0 unspecified atom stereocenters. The monoisotopic (exact) mass is 665 g/mol. The molecule has 2 aliphatic heterocycles. The number of benzene rings is 4. The van der Waals surface area contributed by atoms with E-state index >= 15 is 0 Å². The molecule has 5 heteroatoms. The molecule has 4 aromatic carbocycles. The van der Waals surface area contributed by atoms with Gasteiger partial charge in [0.25, 0.3) is 0 Å². The summed E-state index contributed by atoms with van der Waals surface area (Å²) >= 11 is 0. The zero-order valence-corrected chi connectivity index (χ0v) is 27.9. The van der Waals surface area contributed by atoms with Gasteiger partial charge in [-0.15, -0.1) is 0 Å². The normalized spacial score (nSPS) is 11.8. The van der Waals surface area contributed by atoms with Gasteiger partial charge in [0.05, 0.1) is 22.8 Å². The first-order chi connectivity index (χ1) is 23.8. The molecule has 0 atom stereocenters.